The molecule has 3 heterocycles. The molecular formula is C24H14Cl4N4O. The molecule has 0 bridgehead atoms. The maximum Gasteiger partial charge on any atom is 0.226 e. The molecule has 0 unspecified atom stereocenters. The van der Waals surface area contributed by atoms with Crippen molar-refractivity contribution in [1.29, 1.82) is 0 Å². The number of rotatable bonds is 2. The summed E-state index contributed by atoms with van der Waals surface area (Å²) in [6.07, 6.45) is 1.07. The molecule has 1 aromatic heterocycles. The molecule has 6 rings (SSSR count). The molecule has 3 aromatic carbocycles. The summed E-state index contributed by atoms with van der Waals surface area (Å²) in [5, 5.41) is 10.3. The second-order valence-corrected chi connectivity index (χ2v) is 9.46. The Morgan fingerprint density at radius 1 is 0.848 bits per heavy atom. The largest absolute Gasteiger partial charge is 0.480 e. The first-order chi connectivity index (χ1) is 16.0. The summed E-state index contributed by atoms with van der Waals surface area (Å²) in [7, 11) is 0. The van der Waals surface area contributed by atoms with Gasteiger partial charge in [-0.25, -0.2) is 4.68 Å². The highest BCUT2D eigenvalue weighted by molar-refractivity contribution is 6.35. The molecule has 2 aliphatic rings. The van der Waals surface area contributed by atoms with Crippen LogP contribution in [0.2, 0.25) is 20.1 Å². The summed E-state index contributed by atoms with van der Waals surface area (Å²) < 4.78 is 8.36. The molecule has 2 atom stereocenters. The van der Waals surface area contributed by atoms with Crippen LogP contribution in [0.25, 0.3) is 5.70 Å². The fourth-order valence-electron chi connectivity index (χ4n) is 4.38. The van der Waals surface area contributed by atoms with Gasteiger partial charge in [-0.1, -0.05) is 64.6 Å². The van der Waals surface area contributed by atoms with Crippen molar-refractivity contribution < 1.29 is 4.74 Å². The van der Waals surface area contributed by atoms with Crippen LogP contribution >= 0.6 is 46.4 Å². The lowest BCUT2D eigenvalue weighted by molar-refractivity contribution is 0.223. The van der Waals surface area contributed by atoms with Crippen molar-refractivity contribution in [3.63, 3.8) is 0 Å². The van der Waals surface area contributed by atoms with Gasteiger partial charge in [0.15, 0.2) is 0 Å². The molecule has 0 amide bonds. The third-order valence-electron chi connectivity index (χ3n) is 5.81. The number of nitrogens with zero attached hydrogens (tertiary/aromatic N) is 3. The van der Waals surface area contributed by atoms with Crippen molar-refractivity contribution in [3.8, 4) is 5.75 Å². The Morgan fingerprint density at radius 3 is 2.36 bits per heavy atom. The summed E-state index contributed by atoms with van der Waals surface area (Å²) in [5.74, 6) is 1.30. The third kappa shape index (κ3) is 3.47. The van der Waals surface area contributed by atoms with Gasteiger partial charge >= 0.3 is 0 Å². The van der Waals surface area contributed by atoms with Gasteiger partial charge in [0.1, 0.15) is 24.2 Å². The Morgan fingerprint density at radius 2 is 1.58 bits per heavy atom. The number of nitrogens with one attached hydrogen (secondary N) is 1. The Labute approximate surface area is 209 Å². The van der Waals surface area contributed by atoms with Gasteiger partial charge in [-0.05, 0) is 53.6 Å². The topological polar surface area (TPSA) is 52.0 Å². The molecule has 9 heteroatoms. The van der Waals surface area contributed by atoms with Crippen LogP contribution in [0.1, 0.15) is 28.8 Å². The first kappa shape index (κ1) is 20.9. The monoisotopic (exact) mass is 514 g/mol. The van der Waals surface area contributed by atoms with E-state index in [0.29, 0.717) is 31.8 Å². The molecule has 0 saturated carbocycles. The van der Waals surface area contributed by atoms with E-state index in [2.05, 4.69) is 15.4 Å². The number of hydrogen-bond donors (Lipinski definition) is 1. The maximum absolute atomic E-state index is 6.70. The van der Waals surface area contributed by atoms with E-state index in [1.807, 2.05) is 54.6 Å². The number of anilines is 1. The highest BCUT2D eigenvalue weighted by atomic mass is 35.5. The fraction of sp³-hybridized carbons (Fsp3) is 0.0833. The first-order valence-electron chi connectivity index (χ1n) is 10.1. The normalized spacial score (nSPS) is 18.7. The fourth-order valence-corrected chi connectivity index (χ4v) is 5.19. The molecule has 0 spiro atoms. The van der Waals surface area contributed by atoms with E-state index >= 15 is 0 Å². The van der Waals surface area contributed by atoms with E-state index in [1.54, 1.807) is 10.7 Å². The van der Waals surface area contributed by atoms with Crippen LogP contribution < -0.4 is 10.1 Å². The number of fused-ring (bicyclic) bond motifs is 3. The number of halogens is 4. The van der Waals surface area contributed by atoms with Crippen LogP contribution in [0.3, 0.4) is 0 Å². The summed E-state index contributed by atoms with van der Waals surface area (Å²) >= 11 is 25.4. The Bertz CT molecular complexity index is 1430. The quantitative estimate of drug-likeness (QED) is 0.301. The van der Waals surface area contributed by atoms with E-state index < -0.39 is 12.1 Å². The lowest BCUT2D eigenvalue weighted by Crippen LogP contribution is -2.32. The molecule has 1 N–H and O–H groups in total. The van der Waals surface area contributed by atoms with Crippen molar-refractivity contribution in [2.75, 3.05) is 5.32 Å². The van der Waals surface area contributed by atoms with Gasteiger partial charge in [0, 0.05) is 31.2 Å². The third-order valence-corrected chi connectivity index (χ3v) is 6.86. The number of aromatic nitrogens is 3. The molecule has 0 fully saturated rings. The van der Waals surface area contributed by atoms with Crippen LogP contribution in [-0.4, -0.2) is 14.8 Å². The van der Waals surface area contributed by atoms with Crippen molar-refractivity contribution >= 4 is 58.0 Å². The van der Waals surface area contributed by atoms with Gasteiger partial charge in [-0.15, -0.1) is 0 Å². The number of benzene rings is 3. The van der Waals surface area contributed by atoms with E-state index in [-0.39, 0.29) is 0 Å². The van der Waals surface area contributed by atoms with Crippen molar-refractivity contribution in [1.82, 2.24) is 14.8 Å². The van der Waals surface area contributed by atoms with Gasteiger partial charge in [0.2, 0.25) is 5.95 Å². The SMILES string of the molecule is Clc1ccc([C@@H]2Oc3ccc(Cl)cc3C3=C2[C@H](c2ccc(Cl)cc2Cl)n2ncnc2N3)cc1. The predicted molar refractivity (Wildman–Crippen MR) is 131 cm³/mol. The van der Waals surface area contributed by atoms with E-state index in [4.69, 9.17) is 51.1 Å². The second kappa shape index (κ2) is 7.96. The number of hydrogen-bond acceptors (Lipinski definition) is 4. The molecule has 5 nitrogen and oxygen atoms in total. The summed E-state index contributed by atoms with van der Waals surface area (Å²) in [5.41, 5.74) is 4.39. The second-order valence-electron chi connectivity index (χ2n) is 7.74. The summed E-state index contributed by atoms with van der Waals surface area (Å²) in [4.78, 5) is 4.42. The van der Waals surface area contributed by atoms with Crippen LogP contribution in [0.5, 0.6) is 5.75 Å². The van der Waals surface area contributed by atoms with Gasteiger partial charge < -0.3 is 10.1 Å². The first-order valence-corrected chi connectivity index (χ1v) is 11.6. The standard InChI is InChI=1S/C24H14Cl4N4O/c25-13-3-1-12(2-4-13)23-20-21(17-9-14(26)6-8-19(17)33-23)31-24-29-11-30-32(24)22(20)16-7-5-15(27)10-18(16)28/h1-11,22-23H,(H,29,30,31)/t22-,23-/m0/s1. The summed E-state index contributed by atoms with van der Waals surface area (Å²) in [6.45, 7) is 0. The Balaban J connectivity index is 1.65. The molecule has 33 heavy (non-hydrogen) atoms. The van der Waals surface area contributed by atoms with Crippen LogP contribution in [-0.2, 0) is 0 Å². The summed E-state index contributed by atoms with van der Waals surface area (Å²) in [6, 6.07) is 18.2. The zero-order valence-electron chi connectivity index (χ0n) is 16.8. The predicted octanol–water partition coefficient (Wildman–Crippen LogP) is 7.45. The lowest BCUT2D eigenvalue weighted by Gasteiger charge is -2.39. The van der Waals surface area contributed by atoms with E-state index in [9.17, 15) is 0 Å². The minimum Gasteiger partial charge on any atom is -0.480 e. The Hall–Kier alpha value is -2.70. The van der Waals surface area contributed by atoms with Gasteiger partial charge in [-0.2, -0.15) is 10.1 Å². The molecule has 0 radical (unpaired) electrons. The minimum absolute atomic E-state index is 0.392. The van der Waals surface area contributed by atoms with Crippen LogP contribution in [0.4, 0.5) is 5.95 Å². The maximum atomic E-state index is 6.70. The lowest BCUT2D eigenvalue weighted by atomic mass is 9.84. The average molecular weight is 516 g/mol. The zero-order valence-corrected chi connectivity index (χ0v) is 19.8. The molecule has 164 valence electrons. The molecule has 2 aliphatic heterocycles. The number of ether oxygens (including phenoxy) is 1. The highest BCUT2D eigenvalue weighted by Crippen LogP contribution is 2.52. The zero-order chi connectivity index (χ0) is 22.7. The Kier molecular flexibility index (Phi) is 5.03. The van der Waals surface area contributed by atoms with Gasteiger partial charge in [0.25, 0.3) is 0 Å². The van der Waals surface area contributed by atoms with E-state index in [0.717, 1.165) is 28.0 Å². The molecule has 0 saturated heterocycles. The van der Waals surface area contributed by atoms with Gasteiger partial charge in [0.05, 0.1) is 5.70 Å². The van der Waals surface area contributed by atoms with Crippen LogP contribution in [0, 0.1) is 0 Å². The van der Waals surface area contributed by atoms with Crippen molar-refractivity contribution in [2.45, 2.75) is 12.1 Å². The van der Waals surface area contributed by atoms with Crippen LogP contribution in [0.15, 0.2) is 72.6 Å². The molecule has 4 aromatic rings. The van der Waals surface area contributed by atoms with Crippen molar-refractivity contribution in [3.05, 3.63) is 109 Å². The molecular weight excluding hydrogens is 502 g/mol. The van der Waals surface area contributed by atoms with Gasteiger partial charge in [-0.3, -0.25) is 0 Å². The average Bonchev–Trinajstić information content (AvgIpc) is 3.27. The highest BCUT2D eigenvalue weighted by Gasteiger charge is 2.41. The molecule has 0 aliphatic carbocycles. The van der Waals surface area contributed by atoms with E-state index in [1.165, 1.54) is 6.33 Å². The smallest absolute Gasteiger partial charge is 0.226 e. The van der Waals surface area contributed by atoms with Crippen molar-refractivity contribution in [2.24, 2.45) is 0 Å². The minimum atomic E-state index is -0.437.